The summed E-state index contributed by atoms with van der Waals surface area (Å²) < 4.78 is 6.67. The van der Waals surface area contributed by atoms with E-state index in [-0.39, 0.29) is 18.1 Å². The first-order valence-electron chi connectivity index (χ1n) is 6.21. The molecule has 0 N–H and O–H groups in total. The minimum Gasteiger partial charge on any atom is -0.375 e. The van der Waals surface area contributed by atoms with Crippen LogP contribution in [0.25, 0.3) is 0 Å². The van der Waals surface area contributed by atoms with E-state index in [2.05, 4.69) is 22.9 Å². The molecule has 18 heavy (non-hydrogen) atoms. The van der Waals surface area contributed by atoms with Crippen LogP contribution in [-0.4, -0.2) is 36.1 Å². The SMILES string of the molecule is CCC1COC(C)CN1C(=O)c1cc(C)c(Br)s1. The molecule has 2 unspecified atom stereocenters. The molecule has 0 aromatic carbocycles. The largest absolute Gasteiger partial charge is 0.375 e. The maximum absolute atomic E-state index is 12.5. The van der Waals surface area contributed by atoms with Crippen molar-refractivity contribution in [3.8, 4) is 0 Å². The fourth-order valence-corrected chi connectivity index (χ4v) is 3.63. The van der Waals surface area contributed by atoms with Gasteiger partial charge in [0.25, 0.3) is 5.91 Å². The summed E-state index contributed by atoms with van der Waals surface area (Å²) >= 11 is 4.99. The van der Waals surface area contributed by atoms with E-state index in [1.807, 2.05) is 24.8 Å². The van der Waals surface area contributed by atoms with Gasteiger partial charge in [0.05, 0.1) is 27.4 Å². The molecule has 3 nitrogen and oxygen atoms in total. The maximum Gasteiger partial charge on any atom is 0.264 e. The van der Waals surface area contributed by atoms with Crippen LogP contribution in [0.4, 0.5) is 0 Å². The Kier molecular flexibility index (Phi) is 4.45. The smallest absolute Gasteiger partial charge is 0.264 e. The third kappa shape index (κ3) is 2.78. The van der Waals surface area contributed by atoms with Crippen molar-refractivity contribution in [2.75, 3.05) is 13.2 Å². The summed E-state index contributed by atoms with van der Waals surface area (Å²) in [7, 11) is 0. The van der Waals surface area contributed by atoms with Gasteiger partial charge in [0.15, 0.2) is 0 Å². The molecule has 0 spiro atoms. The Morgan fingerprint density at radius 2 is 2.39 bits per heavy atom. The summed E-state index contributed by atoms with van der Waals surface area (Å²) in [5.41, 5.74) is 1.12. The van der Waals surface area contributed by atoms with E-state index < -0.39 is 0 Å². The lowest BCUT2D eigenvalue weighted by atomic mass is 10.1. The molecule has 0 aliphatic carbocycles. The Hall–Kier alpha value is -0.390. The molecular formula is C13H18BrNO2S. The van der Waals surface area contributed by atoms with Crippen LogP contribution in [-0.2, 0) is 4.74 Å². The summed E-state index contributed by atoms with van der Waals surface area (Å²) in [5.74, 6) is 0.135. The Bertz CT molecular complexity index is 427. The van der Waals surface area contributed by atoms with Gasteiger partial charge in [-0.05, 0) is 47.8 Å². The van der Waals surface area contributed by atoms with E-state index in [9.17, 15) is 4.79 Å². The number of ether oxygens (including phenoxy) is 1. The number of thiophene rings is 1. The lowest BCUT2D eigenvalue weighted by Crippen LogP contribution is -2.51. The first-order chi connectivity index (χ1) is 8.52. The third-order valence-corrected chi connectivity index (χ3v) is 5.39. The van der Waals surface area contributed by atoms with Crippen molar-refractivity contribution in [1.29, 1.82) is 0 Å². The molecule has 1 amide bonds. The van der Waals surface area contributed by atoms with Crippen molar-refractivity contribution >= 4 is 33.2 Å². The van der Waals surface area contributed by atoms with Crippen LogP contribution >= 0.6 is 27.3 Å². The topological polar surface area (TPSA) is 29.5 Å². The molecule has 1 aliphatic rings. The second-order valence-corrected chi connectivity index (χ2v) is 7.10. The van der Waals surface area contributed by atoms with Crippen LogP contribution in [0.3, 0.4) is 0 Å². The molecule has 2 rings (SSSR count). The average molecular weight is 332 g/mol. The molecule has 0 saturated carbocycles. The third-order valence-electron chi connectivity index (χ3n) is 3.27. The number of carbonyl (C=O) groups excluding carboxylic acids is 1. The highest BCUT2D eigenvalue weighted by molar-refractivity contribution is 9.11. The molecule has 100 valence electrons. The average Bonchev–Trinajstić information content (AvgIpc) is 2.68. The molecule has 1 fully saturated rings. The lowest BCUT2D eigenvalue weighted by Gasteiger charge is -2.38. The number of carbonyl (C=O) groups is 1. The summed E-state index contributed by atoms with van der Waals surface area (Å²) in [6.07, 6.45) is 1.06. The molecule has 1 saturated heterocycles. The molecule has 0 radical (unpaired) electrons. The molecule has 1 aromatic heterocycles. The second kappa shape index (κ2) is 5.72. The first kappa shape index (κ1) is 14.0. The predicted molar refractivity (Wildman–Crippen MR) is 77.3 cm³/mol. The lowest BCUT2D eigenvalue weighted by molar-refractivity contribution is -0.0442. The van der Waals surface area contributed by atoms with Gasteiger partial charge in [0, 0.05) is 6.54 Å². The van der Waals surface area contributed by atoms with Gasteiger partial charge in [-0.15, -0.1) is 11.3 Å². The highest BCUT2D eigenvalue weighted by Crippen LogP contribution is 2.29. The van der Waals surface area contributed by atoms with Crippen molar-refractivity contribution in [2.45, 2.75) is 39.3 Å². The van der Waals surface area contributed by atoms with Gasteiger partial charge in [-0.3, -0.25) is 4.79 Å². The Morgan fingerprint density at radius 1 is 1.67 bits per heavy atom. The first-order valence-corrected chi connectivity index (χ1v) is 7.82. The zero-order chi connectivity index (χ0) is 13.3. The Morgan fingerprint density at radius 3 is 2.94 bits per heavy atom. The summed E-state index contributed by atoms with van der Waals surface area (Å²) in [6.45, 7) is 7.46. The van der Waals surface area contributed by atoms with Crippen molar-refractivity contribution in [3.63, 3.8) is 0 Å². The van der Waals surface area contributed by atoms with Gasteiger partial charge in [0.2, 0.25) is 0 Å². The Balaban J connectivity index is 2.20. The van der Waals surface area contributed by atoms with Crippen molar-refractivity contribution < 1.29 is 9.53 Å². The number of nitrogens with zero attached hydrogens (tertiary/aromatic N) is 1. The van der Waals surface area contributed by atoms with Crippen molar-refractivity contribution in [1.82, 2.24) is 4.90 Å². The minimum absolute atomic E-state index is 0.126. The van der Waals surface area contributed by atoms with Gasteiger partial charge in [-0.25, -0.2) is 0 Å². The summed E-state index contributed by atoms with van der Waals surface area (Å²) in [5, 5.41) is 0. The van der Waals surface area contributed by atoms with E-state index in [4.69, 9.17) is 4.74 Å². The number of halogens is 1. The fraction of sp³-hybridized carbons (Fsp3) is 0.615. The van der Waals surface area contributed by atoms with E-state index >= 15 is 0 Å². The maximum atomic E-state index is 12.5. The quantitative estimate of drug-likeness (QED) is 0.830. The van der Waals surface area contributed by atoms with Gasteiger partial charge < -0.3 is 9.64 Å². The molecule has 2 heterocycles. The van der Waals surface area contributed by atoms with E-state index in [1.165, 1.54) is 11.3 Å². The van der Waals surface area contributed by atoms with Gasteiger partial charge in [-0.2, -0.15) is 0 Å². The number of aryl methyl sites for hydroxylation is 1. The van der Waals surface area contributed by atoms with Crippen LogP contribution < -0.4 is 0 Å². The van der Waals surface area contributed by atoms with Gasteiger partial charge in [0.1, 0.15) is 0 Å². The number of morpholine rings is 1. The summed E-state index contributed by atoms with van der Waals surface area (Å²) in [6, 6.07) is 2.17. The number of hydrogen-bond acceptors (Lipinski definition) is 3. The molecule has 0 bridgehead atoms. The van der Waals surface area contributed by atoms with Crippen LogP contribution in [0.1, 0.15) is 35.5 Å². The van der Waals surface area contributed by atoms with Crippen LogP contribution in [0, 0.1) is 6.92 Å². The molecule has 5 heteroatoms. The van der Waals surface area contributed by atoms with Crippen LogP contribution in [0.5, 0.6) is 0 Å². The second-order valence-electron chi connectivity index (χ2n) is 4.73. The van der Waals surface area contributed by atoms with Gasteiger partial charge >= 0.3 is 0 Å². The van der Waals surface area contributed by atoms with Crippen LogP contribution in [0.15, 0.2) is 9.85 Å². The zero-order valence-electron chi connectivity index (χ0n) is 10.9. The monoisotopic (exact) mass is 331 g/mol. The number of rotatable bonds is 2. The molecule has 2 atom stereocenters. The Labute approximate surface area is 120 Å². The van der Waals surface area contributed by atoms with Crippen molar-refractivity contribution in [2.24, 2.45) is 0 Å². The van der Waals surface area contributed by atoms with E-state index in [0.717, 1.165) is 20.6 Å². The fourth-order valence-electron chi connectivity index (χ4n) is 2.14. The summed E-state index contributed by atoms with van der Waals surface area (Å²) in [4.78, 5) is 15.3. The van der Waals surface area contributed by atoms with E-state index in [0.29, 0.717) is 13.2 Å². The normalized spacial score (nSPS) is 24.3. The standard InChI is InChI=1S/C13H18BrNO2S/c1-4-10-7-17-9(3)6-15(10)13(16)11-5-8(2)12(14)18-11/h5,9-10H,4,6-7H2,1-3H3. The van der Waals surface area contributed by atoms with E-state index in [1.54, 1.807) is 0 Å². The molecule has 1 aromatic rings. The predicted octanol–water partition coefficient (Wildman–Crippen LogP) is 3.46. The highest BCUT2D eigenvalue weighted by Gasteiger charge is 2.30. The zero-order valence-corrected chi connectivity index (χ0v) is 13.3. The molecule has 1 aliphatic heterocycles. The van der Waals surface area contributed by atoms with Crippen LogP contribution in [0.2, 0.25) is 0 Å². The number of amides is 1. The molecular weight excluding hydrogens is 314 g/mol. The highest BCUT2D eigenvalue weighted by atomic mass is 79.9. The number of hydrogen-bond donors (Lipinski definition) is 0. The minimum atomic E-state index is 0.126. The van der Waals surface area contributed by atoms with Gasteiger partial charge in [-0.1, -0.05) is 6.92 Å². The van der Waals surface area contributed by atoms with Crippen molar-refractivity contribution in [3.05, 3.63) is 20.3 Å².